The number of aromatic nitrogens is 3. The van der Waals surface area contributed by atoms with Gasteiger partial charge in [-0.15, -0.1) is 0 Å². The van der Waals surface area contributed by atoms with E-state index in [9.17, 15) is 22.0 Å². The minimum Gasteiger partial charge on any atom is -0.418 e. The summed E-state index contributed by atoms with van der Waals surface area (Å²) in [6.07, 6.45) is 0. The smallest absolute Gasteiger partial charge is 0.328 e. The summed E-state index contributed by atoms with van der Waals surface area (Å²) in [6, 6.07) is 8.49. The summed E-state index contributed by atoms with van der Waals surface area (Å²) < 4.78 is 73.8. The third kappa shape index (κ3) is 5.50. The maximum atomic E-state index is 14.1. The molecule has 34 heavy (non-hydrogen) atoms. The van der Waals surface area contributed by atoms with Crippen molar-refractivity contribution in [2.45, 2.75) is 13.0 Å². The van der Waals surface area contributed by atoms with E-state index in [4.69, 9.17) is 4.74 Å². The molecule has 0 saturated carbocycles. The largest absolute Gasteiger partial charge is 0.418 e. The highest BCUT2D eigenvalue weighted by atomic mass is 19.2. The first-order valence-corrected chi connectivity index (χ1v) is 10.2. The summed E-state index contributed by atoms with van der Waals surface area (Å²) >= 11 is 0. The van der Waals surface area contributed by atoms with E-state index >= 15 is 0 Å². The van der Waals surface area contributed by atoms with Gasteiger partial charge >= 0.3 is 6.01 Å². The Morgan fingerprint density at radius 1 is 0.853 bits per heavy atom. The lowest BCUT2D eigenvalue weighted by Gasteiger charge is -2.25. The zero-order valence-electron chi connectivity index (χ0n) is 18.9. The molecular weight excluding hydrogens is 459 g/mol. The number of benzene rings is 2. The molecule has 0 aliphatic carbocycles. The van der Waals surface area contributed by atoms with Crippen molar-refractivity contribution in [3.05, 3.63) is 65.0 Å². The van der Waals surface area contributed by atoms with Gasteiger partial charge in [0.2, 0.25) is 46.7 Å². The first kappa shape index (κ1) is 25.1. The van der Waals surface area contributed by atoms with Gasteiger partial charge in [-0.2, -0.15) is 23.7 Å². The van der Waals surface area contributed by atoms with Crippen LogP contribution in [0.5, 0.6) is 11.8 Å². The molecule has 0 bridgehead atoms. The van der Waals surface area contributed by atoms with Crippen molar-refractivity contribution in [1.82, 2.24) is 19.9 Å². The van der Waals surface area contributed by atoms with E-state index in [2.05, 4.69) is 20.3 Å². The zero-order chi connectivity index (χ0) is 25.0. The Morgan fingerprint density at radius 3 is 2.03 bits per heavy atom. The van der Waals surface area contributed by atoms with Gasteiger partial charge in [0.25, 0.3) is 0 Å². The van der Waals surface area contributed by atoms with Crippen molar-refractivity contribution in [2.75, 3.05) is 44.4 Å². The minimum absolute atomic E-state index is 0.00201. The second-order valence-electron chi connectivity index (χ2n) is 7.67. The molecule has 0 unspecified atom stereocenters. The Balaban J connectivity index is 2.00. The van der Waals surface area contributed by atoms with Crippen LogP contribution in [0.3, 0.4) is 0 Å². The van der Waals surface area contributed by atoms with Crippen LogP contribution >= 0.6 is 0 Å². The molecule has 0 radical (unpaired) electrons. The Bertz CT molecular complexity index is 1120. The average molecular weight is 482 g/mol. The average Bonchev–Trinajstić information content (AvgIpc) is 2.83. The van der Waals surface area contributed by atoms with E-state index in [-0.39, 0.29) is 17.9 Å². The summed E-state index contributed by atoms with van der Waals surface area (Å²) in [5.74, 6) is -12.3. The molecule has 12 heteroatoms. The van der Waals surface area contributed by atoms with Crippen molar-refractivity contribution in [2.24, 2.45) is 0 Å². The molecule has 7 nitrogen and oxygen atoms in total. The highest BCUT2D eigenvalue weighted by Crippen LogP contribution is 2.32. The molecule has 3 aromatic rings. The lowest BCUT2D eigenvalue weighted by molar-refractivity contribution is 0.322. The lowest BCUT2D eigenvalue weighted by Crippen LogP contribution is -2.25. The highest BCUT2D eigenvalue weighted by molar-refractivity contribution is 5.42. The van der Waals surface area contributed by atoms with Crippen LogP contribution in [0, 0.1) is 29.1 Å². The van der Waals surface area contributed by atoms with Crippen molar-refractivity contribution in [1.29, 1.82) is 0 Å². The summed E-state index contributed by atoms with van der Waals surface area (Å²) in [4.78, 5) is 15.8. The van der Waals surface area contributed by atoms with Crippen LogP contribution in [0.25, 0.3) is 0 Å². The van der Waals surface area contributed by atoms with Crippen molar-refractivity contribution < 1.29 is 26.7 Å². The summed E-state index contributed by atoms with van der Waals surface area (Å²) in [7, 11) is 5.39. The third-order valence-electron chi connectivity index (χ3n) is 4.99. The Morgan fingerprint density at radius 2 is 1.44 bits per heavy atom. The van der Waals surface area contributed by atoms with Crippen LogP contribution in [0.15, 0.2) is 30.3 Å². The molecule has 1 N–H and O–H groups in total. The molecule has 0 saturated heterocycles. The lowest BCUT2D eigenvalue weighted by atomic mass is 10.1. The molecule has 1 aromatic heterocycles. The SMILES string of the molecule is C[C@H](c1ccccc1)N(C)c1nc(NCCN(C)C)nc(Oc2c(F)c(F)c(F)c(F)c2F)n1. The first-order valence-electron chi connectivity index (χ1n) is 10.2. The fraction of sp³-hybridized carbons (Fsp3) is 0.318. The van der Waals surface area contributed by atoms with E-state index in [1.165, 1.54) is 0 Å². The number of ether oxygens (including phenoxy) is 1. The third-order valence-corrected chi connectivity index (χ3v) is 4.99. The number of halogens is 5. The molecule has 182 valence electrons. The van der Waals surface area contributed by atoms with Crippen LogP contribution < -0.4 is 15.0 Å². The summed E-state index contributed by atoms with van der Waals surface area (Å²) in [5, 5.41) is 2.93. The van der Waals surface area contributed by atoms with Crippen molar-refractivity contribution in [3.63, 3.8) is 0 Å². The fourth-order valence-corrected chi connectivity index (χ4v) is 2.91. The van der Waals surface area contributed by atoms with Gasteiger partial charge in [-0.05, 0) is 26.6 Å². The van der Waals surface area contributed by atoms with Crippen LogP contribution in [-0.4, -0.2) is 54.1 Å². The topological polar surface area (TPSA) is 66.4 Å². The van der Waals surface area contributed by atoms with Crippen LogP contribution in [0.2, 0.25) is 0 Å². The van der Waals surface area contributed by atoms with Crippen LogP contribution in [0.4, 0.5) is 33.8 Å². The molecule has 3 rings (SSSR count). The van der Waals surface area contributed by atoms with E-state index in [1.54, 1.807) is 11.9 Å². The maximum Gasteiger partial charge on any atom is 0.328 e. The fourth-order valence-electron chi connectivity index (χ4n) is 2.91. The van der Waals surface area contributed by atoms with E-state index in [0.717, 1.165) is 5.56 Å². The first-order chi connectivity index (χ1) is 16.1. The second-order valence-corrected chi connectivity index (χ2v) is 7.67. The number of anilines is 2. The summed E-state index contributed by atoms with van der Waals surface area (Å²) in [5.41, 5.74) is 0.926. The minimum atomic E-state index is -2.29. The monoisotopic (exact) mass is 482 g/mol. The predicted molar refractivity (Wildman–Crippen MR) is 116 cm³/mol. The van der Waals surface area contributed by atoms with Gasteiger partial charge in [-0.1, -0.05) is 30.3 Å². The number of likely N-dealkylation sites (N-methyl/N-ethyl adjacent to an activating group) is 1. The van der Waals surface area contributed by atoms with Gasteiger partial charge in [0, 0.05) is 20.1 Å². The molecule has 0 fully saturated rings. The van der Waals surface area contributed by atoms with Gasteiger partial charge in [0.05, 0.1) is 6.04 Å². The molecule has 1 atom stereocenters. The molecule has 0 aliphatic heterocycles. The van der Waals surface area contributed by atoms with E-state index < -0.39 is 40.8 Å². The second kappa shape index (κ2) is 10.6. The van der Waals surface area contributed by atoms with Crippen molar-refractivity contribution in [3.8, 4) is 11.8 Å². The van der Waals surface area contributed by atoms with Gasteiger partial charge < -0.3 is 19.9 Å². The molecule has 0 aliphatic rings. The number of nitrogens with zero attached hydrogens (tertiary/aromatic N) is 5. The predicted octanol–water partition coefficient (Wildman–Crippen LogP) is 4.53. The zero-order valence-corrected chi connectivity index (χ0v) is 18.9. The van der Waals surface area contributed by atoms with Gasteiger partial charge in [-0.25, -0.2) is 13.2 Å². The normalized spacial score (nSPS) is 12.1. The summed E-state index contributed by atoms with van der Waals surface area (Å²) in [6.45, 7) is 2.88. The Hall–Kier alpha value is -3.54. The van der Waals surface area contributed by atoms with E-state index in [0.29, 0.717) is 13.1 Å². The number of hydrogen-bond donors (Lipinski definition) is 1. The highest BCUT2D eigenvalue weighted by Gasteiger charge is 2.28. The number of rotatable bonds is 9. The van der Waals surface area contributed by atoms with Gasteiger partial charge in [0.15, 0.2) is 0 Å². The quantitative estimate of drug-likeness (QED) is 0.273. The number of nitrogens with one attached hydrogen (secondary N) is 1. The Labute approximate surface area is 193 Å². The van der Waals surface area contributed by atoms with E-state index in [1.807, 2.05) is 56.3 Å². The molecule has 0 spiro atoms. The maximum absolute atomic E-state index is 14.1. The Kier molecular flexibility index (Phi) is 7.82. The van der Waals surface area contributed by atoms with Crippen LogP contribution in [0.1, 0.15) is 18.5 Å². The standard InChI is InChI=1S/C22H23F5N6O/c1-12(13-8-6-5-7-9-13)33(4)21-29-20(28-10-11-32(2)3)30-22(31-21)34-19-17(26)15(24)14(23)16(25)18(19)27/h5-9,12H,10-11H2,1-4H3,(H,28,29,30,31)/t12-/m1/s1. The molecule has 2 aromatic carbocycles. The van der Waals surface area contributed by atoms with Gasteiger partial charge in [0.1, 0.15) is 0 Å². The molecular formula is C22H23F5N6O. The number of hydrogen-bond acceptors (Lipinski definition) is 7. The van der Waals surface area contributed by atoms with Gasteiger partial charge in [-0.3, -0.25) is 0 Å². The van der Waals surface area contributed by atoms with Crippen LogP contribution in [-0.2, 0) is 0 Å². The molecule has 0 amide bonds. The molecule has 1 heterocycles. The van der Waals surface area contributed by atoms with Crippen molar-refractivity contribution >= 4 is 11.9 Å².